The zero-order valence-electron chi connectivity index (χ0n) is 14.7. The van der Waals surface area contributed by atoms with E-state index in [2.05, 4.69) is 10.6 Å². The van der Waals surface area contributed by atoms with Crippen LogP contribution in [0.2, 0.25) is 0 Å². The van der Waals surface area contributed by atoms with Crippen molar-refractivity contribution in [3.63, 3.8) is 0 Å². The van der Waals surface area contributed by atoms with Gasteiger partial charge in [-0.15, -0.1) is 0 Å². The molecule has 0 radical (unpaired) electrons. The number of allylic oxidation sites excluding steroid dienone is 1. The van der Waals surface area contributed by atoms with Crippen molar-refractivity contribution >= 4 is 18.0 Å². The van der Waals surface area contributed by atoms with Gasteiger partial charge in [0.15, 0.2) is 0 Å². The first-order chi connectivity index (χ1) is 11.8. The monoisotopic (exact) mass is 346 g/mol. The van der Waals surface area contributed by atoms with Crippen LogP contribution in [-0.4, -0.2) is 24.6 Å². The molecule has 1 aliphatic heterocycles. The number of hydrogen-bond acceptors (Lipinski definition) is 5. The molecule has 0 aromatic heterocycles. The van der Waals surface area contributed by atoms with Crippen LogP contribution in [0.4, 0.5) is 4.79 Å². The Bertz CT molecular complexity index is 707. The number of benzene rings is 1. The number of esters is 2. The van der Waals surface area contributed by atoms with Crippen molar-refractivity contribution < 1.29 is 23.9 Å². The van der Waals surface area contributed by atoms with Gasteiger partial charge < -0.3 is 20.1 Å². The van der Waals surface area contributed by atoms with Gasteiger partial charge in [-0.1, -0.05) is 26.0 Å². The van der Waals surface area contributed by atoms with Crippen molar-refractivity contribution in [2.75, 3.05) is 6.61 Å². The topological polar surface area (TPSA) is 93.7 Å². The van der Waals surface area contributed by atoms with Crippen molar-refractivity contribution in [3.8, 4) is 5.75 Å². The summed E-state index contributed by atoms with van der Waals surface area (Å²) in [5, 5.41) is 5.29. The summed E-state index contributed by atoms with van der Waals surface area (Å²) in [6, 6.07) is 5.62. The van der Waals surface area contributed by atoms with Gasteiger partial charge in [-0.3, -0.25) is 4.79 Å². The zero-order chi connectivity index (χ0) is 18.6. The standard InChI is InChI=1S/C18H22N2O5/c1-5-24-17(22)14-11(4)19-18(23)20-15(14)12-6-8-13(9-7-12)25-16(21)10(2)3/h6-10,15H,5H2,1-4H3,(H2,19,20,23). The first kappa shape index (κ1) is 18.5. The van der Waals surface area contributed by atoms with Crippen molar-refractivity contribution in [3.05, 3.63) is 41.1 Å². The van der Waals surface area contributed by atoms with E-state index in [1.807, 2.05) is 0 Å². The number of nitrogens with one attached hydrogen (secondary N) is 2. The molecule has 2 rings (SSSR count). The van der Waals surface area contributed by atoms with Crippen LogP contribution in [0.25, 0.3) is 0 Å². The normalized spacial score (nSPS) is 17.0. The largest absolute Gasteiger partial charge is 0.463 e. The lowest BCUT2D eigenvalue weighted by Gasteiger charge is -2.28. The summed E-state index contributed by atoms with van der Waals surface area (Å²) < 4.78 is 10.3. The van der Waals surface area contributed by atoms with E-state index in [1.165, 1.54) is 0 Å². The highest BCUT2D eigenvalue weighted by Gasteiger charge is 2.32. The van der Waals surface area contributed by atoms with E-state index in [4.69, 9.17) is 9.47 Å². The van der Waals surface area contributed by atoms with Crippen LogP contribution in [-0.2, 0) is 14.3 Å². The third-order valence-corrected chi connectivity index (χ3v) is 3.67. The molecule has 1 aromatic rings. The Morgan fingerprint density at radius 1 is 1.20 bits per heavy atom. The Kier molecular flexibility index (Phi) is 5.80. The van der Waals surface area contributed by atoms with E-state index >= 15 is 0 Å². The summed E-state index contributed by atoms with van der Waals surface area (Å²) in [4.78, 5) is 35.7. The maximum Gasteiger partial charge on any atom is 0.338 e. The maximum absolute atomic E-state index is 12.2. The first-order valence-electron chi connectivity index (χ1n) is 8.10. The fraction of sp³-hybridized carbons (Fsp3) is 0.389. The molecular formula is C18H22N2O5. The van der Waals surface area contributed by atoms with Crippen LogP contribution in [0.5, 0.6) is 5.75 Å². The van der Waals surface area contributed by atoms with Crippen LogP contribution >= 0.6 is 0 Å². The molecule has 25 heavy (non-hydrogen) atoms. The summed E-state index contributed by atoms with van der Waals surface area (Å²) in [5.41, 5.74) is 1.47. The highest BCUT2D eigenvalue weighted by atomic mass is 16.5. The third kappa shape index (κ3) is 4.37. The number of urea groups is 1. The van der Waals surface area contributed by atoms with Crippen molar-refractivity contribution in [2.24, 2.45) is 5.92 Å². The highest BCUT2D eigenvalue weighted by molar-refractivity contribution is 5.95. The molecule has 0 bridgehead atoms. The molecule has 2 N–H and O–H groups in total. The zero-order valence-corrected chi connectivity index (χ0v) is 14.7. The quantitative estimate of drug-likeness (QED) is 0.631. The van der Waals surface area contributed by atoms with Gasteiger partial charge in [-0.05, 0) is 31.5 Å². The number of carbonyl (C=O) groups excluding carboxylic acids is 3. The number of carbonyl (C=O) groups is 3. The minimum Gasteiger partial charge on any atom is -0.463 e. The smallest absolute Gasteiger partial charge is 0.338 e. The average molecular weight is 346 g/mol. The number of hydrogen-bond donors (Lipinski definition) is 2. The molecule has 1 heterocycles. The Balaban J connectivity index is 2.28. The molecule has 134 valence electrons. The molecule has 7 nitrogen and oxygen atoms in total. The van der Waals surface area contributed by atoms with Gasteiger partial charge in [-0.2, -0.15) is 0 Å². The van der Waals surface area contributed by atoms with E-state index in [0.29, 0.717) is 22.6 Å². The van der Waals surface area contributed by atoms with Gasteiger partial charge in [0.2, 0.25) is 0 Å². The molecule has 0 fully saturated rings. The Morgan fingerprint density at radius 3 is 2.40 bits per heavy atom. The predicted octanol–water partition coefficient (Wildman–Crippen LogP) is 2.44. The average Bonchev–Trinajstić information content (AvgIpc) is 2.54. The number of rotatable bonds is 5. The SMILES string of the molecule is CCOC(=O)C1=C(C)NC(=O)NC1c1ccc(OC(=O)C(C)C)cc1. The molecule has 0 saturated carbocycles. The third-order valence-electron chi connectivity index (χ3n) is 3.67. The van der Waals surface area contributed by atoms with E-state index in [0.717, 1.165) is 0 Å². The highest BCUT2D eigenvalue weighted by Crippen LogP contribution is 2.29. The first-order valence-corrected chi connectivity index (χ1v) is 8.10. The molecule has 0 spiro atoms. The molecular weight excluding hydrogens is 324 g/mol. The Hall–Kier alpha value is -2.83. The van der Waals surface area contributed by atoms with Gasteiger partial charge in [-0.25, -0.2) is 9.59 Å². The lowest BCUT2D eigenvalue weighted by atomic mass is 9.95. The lowest BCUT2D eigenvalue weighted by Crippen LogP contribution is -2.45. The van der Waals surface area contributed by atoms with Gasteiger partial charge in [0.05, 0.1) is 24.1 Å². The van der Waals surface area contributed by atoms with Crippen LogP contribution in [0, 0.1) is 5.92 Å². The van der Waals surface area contributed by atoms with Gasteiger partial charge in [0, 0.05) is 5.70 Å². The van der Waals surface area contributed by atoms with E-state index in [-0.39, 0.29) is 18.5 Å². The second kappa shape index (κ2) is 7.83. The summed E-state index contributed by atoms with van der Waals surface area (Å²) in [5.74, 6) is -0.649. The van der Waals surface area contributed by atoms with Gasteiger partial charge in [0.1, 0.15) is 5.75 Å². The summed E-state index contributed by atoms with van der Waals surface area (Å²) in [6.45, 7) is 7.10. The van der Waals surface area contributed by atoms with Crippen molar-refractivity contribution in [1.29, 1.82) is 0 Å². The van der Waals surface area contributed by atoms with E-state index in [9.17, 15) is 14.4 Å². The second-order valence-electron chi connectivity index (χ2n) is 5.94. The van der Waals surface area contributed by atoms with E-state index < -0.39 is 18.0 Å². The van der Waals surface area contributed by atoms with Crippen LogP contribution < -0.4 is 15.4 Å². The van der Waals surface area contributed by atoms with Gasteiger partial charge in [0.25, 0.3) is 0 Å². The predicted molar refractivity (Wildman–Crippen MR) is 90.7 cm³/mol. The van der Waals surface area contributed by atoms with Crippen molar-refractivity contribution in [1.82, 2.24) is 10.6 Å². The Morgan fingerprint density at radius 2 is 1.84 bits per heavy atom. The molecule has 1 aliphatic rings. The fourth-order valence-electron chi connectivity index (χ4n) is 2.39. The van der Waals surface area contributed by atoms with E-state index in [1.54, 1.807) is 52.0 Å². The minimum absolute atomic E-state index is 0.232. The summed E-state index contributed by atoms with van der Waals surface area (Å²) in [7, 11) is 0. The second-order valence-corrected chi connectivity index (χ2v) is 5.94. The van der Waals surface area contributed by atoms with Crippen molar-refractivity contribution in [2.45, 2.75) is 33.7 Å². The minimum atomic E-state index is -0.636. The lowest BCUT2D eigenvalue weighted by molar-refractivity contribution is -0.139. The number of amides is 2. The van der Waals surface area contributed by atoms with Crippen LogP contribution in [0.15, 0.2) is 35.5 Å². The molecule has 1 atom stereocenters. The van der Waals surface area contributed by atoms with Crippen LogP contribution in [0.1, 0.15) is 39.3 Å². The fourth-order valence-corrected chi connectivity index (χ4v) is 2.39. The van der Waals surface area contributed by atoms with Gasteiger partial charge >= 0.3 is 18.0 Å². The maximum atomic E-state index is 12.2. The molecule has 2 amide bonds. The molecule has 1 aromatic carbocycles. The summed E-state index contributed by atoms with van der Waals surface area (Å²) >= 11 is 0. The molecule has 7 heteroatoms. The number of ether oxygens (including phenoxy) is 2. The molecule has 1 unspecified atom stereocenters. The molecule has 0 saturated heterocycles. The van der Waals surface area contributed by atoms with Crippen LogP contribution in [0.3, 0.4) is 0 Å². The molecule has 0 aliphatic carbocycles. The summed E-state index contributed by atoms with van der Waals surface area (Å²) in [6.07, 6.45) is 0. The Labute approximate surface area is 146 Å².